The highest BCUT2D eigenvalue weighted by Crippen LogP contribution is 2.32. The molecular formula is C21H28N4O4. The fourth-order valence-corrected chi connectivity index (χ4v) is 3.31. The molecule has 2 N–H and O–H groups in total. The van der Waals surface area contributed by atoms with Gasteiger partial charge in [-0.1, -0.05) is 6.07 Å². The number of pyridine rings is 1. The van der Waals surface area contributed by atoms with Crippen molar-refractivity contribution in [2.24, 2.45) is 0 Å². The lowest BCUT2D eigenvalue weighted by atomic mass is 10.0. The summed E-state index contributed by atoms with van der Waals surface area (Å²) < 4.78 is 16.6. The number of amides is 2. The zero-order chi connectivity index (χ0) is 20.5. The standard InChI is InChI=1S/C21H28N4O4/c1-3-29-19-7-6-16(13-20(19)27-2)18(25-9-11-28-12-10-25)15-23-21(26)24-17-5-4-8-22-14-17/h4-8,13-14,18H,3,9-12,15H2,1-2H3,(H2,23,24,26). The third-order valence-electron chi connectivity index (χ3n) is 4.73. The Labute approximate surface area is 171 Å². The lowest BCUT2D eigenvalue weighted by molar-refractivity contribution is 0.0167. The monoisotopic (exact) mass is 400 g/mol. The van der Waals surface area contributed by atoms with Gasteiger partial charge in [-0.05, 0) is 36.8 Å². The molecule has 1 unspecified atom stereocenters. The Morgan fingerprint density at radius 1 is 1.28 bits per heavy atom. The van der Waals surface area contributed by atoms with Crippen LogP contribution in [0.2, 0.25) is 0 Å². The van der Waals surface area contributed by atoms with Crippen LogP contribution < -0.4 is 20.1 Å². The summed E-state index contributed by atoms with van der Waals surface area (Å²) in [5.74, 6) is 1.39. The normalized spacial score (nSPS) is 15.4. The highest BCUT2D eigenvalue weighted by Gasteiger charge is 2.24. The molecule has 1 aromatic carbocycles. The van der Waals surface area contributed by atoms with Gasteiger partial charge in [0.05, 0.1) is 44.9 Å². The summed E-state index contributed by atoms with van der Waals surface area (Å²) >= 11 is 0. The average Bonchev–Trinajstić information content (AvgIpc) is 2.76. The van der Waals surface area contributed by atoms with E-state index in [4.69, 9.17) is 14.2 Å². The third kappa shape index (κ3) is 5.82. The fraction of sp³-hybridized carbons (Fsp3) is 0.429. The maximum absolute atomic E-state index is 12.4. The summed E-state index contributed by atoms with van der Waals surface area (Å²) in [7, 11) is 1.63. The Bertz CT molecular complexity index is 782. The number of carbonyl (C=O) groups excluding carboxylic acids is 1. The molecule has 0 bridgehead atoms. The van der Waals surface area contributed by atoms with E-state index in [1.54, 1.807) is 31.6 Å². The van der Waals surface area contributed by atoms with Gasteiger partial charge in [0.15, 0.2) is 11.5 Å². The van der Waals surface area contributed by atoms with Crippen molar-refractivity contribution in [2.75, 3.05) is 51.9 Å². The number of nitrogens with one attached hydrogen (secondary N) is 2. The smallest absolute Gasteiger partial charge is 0.319 e. The van der Waals surface area contributed by atoms with E-state index in [0.29, 0.717) is 43.6 Å². The van der Waals surface area contributed by atoms with Crippen LogP contribution >= 0.6 is 0 Å². The molecule has 156 valence electrons. The van der Waals surface area contributed by atoms with Gasteiger partial charge in [-0.2, -0.15) is 0 Å². The van der Waals surface area contributed by atoms with Crippen LogP contribution in [-0.4, -0.2) is 62.5 Å². The van der Waals surface area contributed by atoms with Crippen LogP contribution in [0.4, 0.5) is 10.5 Å². The van der Waals surface area contributed by atoms with Gasteiger partial charge >= 0.3 is 6.03 Å². The van der Waals surface area contributed by atoms with E-state index in [9.17, 15) is 4.79 Å². The van der Waals surface area contributed by atoms with Crippen molar-refractivity contribution in [1.82, 2.24) is 15.2 Å². The Kier molecular flexibility index (Phi) is 7.66. The molecule has 2 amide bonds. The Balaban J connectivity index is 1.73. The molecule has 3 rings (SSSR count). The fourth-order valence-electron chi connectivity index (χ4n) is 3.31. The molecule has 1 aromatic heterocycles. The SMILES string of the molecule is CCOc1ccc(C(CNC(=O)Nc2cccnc2)N2CCOCC2)cc1OC. The molecule has 1 aliphatic rings. The number of hydrogen-bond donors (Lipinski definition) is 2. The molecular weight excluding hydrogens is 372 g/mol. The molecule has 0 radical (unpaired) electrons. The molecule has 2 heterocycles. The second-order valence-corrected chi connectivity index (χ2v) is 6.58. The van der Waals surface area contributed by atoms with Gasteiger partial charge in [-0.25, -0.2) is 4.79 Å². The molecule has 1 fully saturated rings. The molecule has 1 saturated heterocycles. The van der Waals surface area contributed by atoms with Crippen molar-refractivity contribution in [3.63, 3.8) is 0 Å². The minimum Gasteiger partial charge on any atom is -0.493 e. The minimum atomic E-state index is -0.269. The van der Waals surface area contributed by atoms with Crippen LogP contribution in [0.25, 0.3) is 0 Å². The maximum atomic E-state index is 12.4. The van der Waals surface area contributed by atoms with Crippen LogP contribution in [0.1, 0.15) is 18.5 Å². The van der Waals surface area contributed by atoms with Crippen LogP contribution in [-0.2, 0) is 4.74 Å². The van der Waals surface area contributed by atoms with E-state index >= 15 is 0 Å². The van der Waals surface area contributed by atoms with Crippen molar-refractivity contribution in [2.45, 2.75) is 13.0 Å². The maximum Gasteiger partial charge on any atom is 0.319 e. The number of nitrogens with zero attached hydrogens (tertiary/aromatic N) is 2. The van der Waals surface area contributed by atoms with Gasteiger partial charge in [-0.3, -0.25) is 9.88 Å². The lowest BCUT2D eigenvalue weighted by Crippen LogP contribution is -2.44. The Hall–Kier alpha value is -2.84. The summed E-state index contributed by atoms with van der Waals surface area (Å²) in [5.41, 5.74) is 1.70. The van der Waals surface area contributed by atoms with Crippen molar-refractivity contribution in [1.29, 1.82) is 0 Å². The van der Waals surface area contributed by atoms with E-state index in [0.717, 1.165) is 18.7 Å². The van der Waals surface area contributed by atoms with E-state index in [-0.39, 0.29) is 12.1 Å². The number of ether oxygens (including phenoxy) is 3. The van der Waals surface area contributed by atoms with Gasteiger partial charge in [0.25, 0.3) is 0 Å². The molecule has 1 aliphatic heterocycles. The topological polar surface area (TPSA) is 85.0 Å². The molecule has 0 spiro atoms. The number of rotatable bonds is 8. The zero-order valence-electron chi connectivity index (χ0n) is 16.9. The van der Waals surface area contributed by atoms with E-state index in [2.05, 4.69) is 20.5 Å². The first-order valence-electron chi connectivity index (χ1n) is 9.78. The molecule has 2 aromatic rings. The largest absolute Gasteiger partial charge is 0.493 e. The van der Waals surface area contributed by atoms with E-state index in [1.807, 2.05) is 25.1 Å². The first-order chi connectivity index (χ1) is 14.2. The number of morpholine rings is 1. The molecule has 29 heavy (non-hydrogen) atoms. The number of urea groups is 1. The van der Waals surface area contributed by atoms with Gasteiger partial charge < -0.3 is 24.8 Å². The predicted octanol–water partition coefficient (Wildman–Crippen LogP) is 2.68. The van der Waals surface area contributed by atoms with E-state index in [1.165, 1.54) is 0 Å². The van der Waals surface area contributed by atoms with Crippen molar-refractivity contribution >= 4 is 11.7 Å². The van der Waals surface area contributed by atoms with Crippen LogP contribution in [0.3, 0.4) is 0 Å². The molecule has 8 heteroatoms. The molecule has 1 atom stereocenters. The Morgan fingerprint density at radius 3 is 2.79 bits per heavy atom. The summed E-state index contributed by atoms with van der Waals surface area (Å²) in [4.78, 5) is 18.7. The second-order valence-electron chi connectivity index (χ2n) is 6.58. The number of aromatic nitrogens is 1. The van der Waals surface area contributed by atoms with Gasteiger partial charge in [-0.15, -0.1) is 0 Å². The van der Waals surface area contributed by atoms with Crippen molar-refractivity contribution in [3.05, 3.63) is 48.3 Å². The number of benzene rings is 1. The minimum absolute atomic E-state index is 0.0110. The number of carbonyl (C=O) groups is 1. The quantitative estimate of drug-likeness (QED) is 0.709. The summed E-state index contributed by atoms with van der Waals surface area (Å²) in [6, 6.07) is 9.21. The highest BCUT2D eigenvalue weighted by molar-refractivity contribution is 5.88. The van der Waals surface area contributed by atoms with Gasteiger partial charge in [0, 0.05) is 25.8 Å². The molecule has 8 nitrogen and oxygen atoms in total. The Morgan fingerprint density at radius 2 is 2.10 bits per heavy atom. The van der Waals surface area contributed by atoms with Crippen molar-refractivity contribution < 1.29 is 19.0 Å². The summed E-state index contributed by atoms with van der Waals surface area (Å²) in [6.07, 6.45) is 3.27. The highest BCUT2D eigenvalue weighted by atomic mass is 16.5. The van der Waals surface area contributed by atoms with Crippen LogP contribution in [0.15, 0.2) is 42.7 Å². The number of anilines is 1. The summed E-state index contributed by atoms with van der Waals surface area (Å²) in [6.45, 7) is 5.90. The number of methoxy groups -OCH3 is 1. The molecule has 0 saturated carbocycles. The third-order valence-corrected chi connectivity index (χ3v) is 4.73. The molecule has 0 aliphatic carbocycles. The summed E-state index contributed by atoms with van der Waals surface area (Å²) in [5, 5.41) is 5.77. The zero-order valence-corrected chi connectivity index (χ0v) is 16.9. The van der Waals surface area contributed by atoms with Crippen LogP contribution in [0.5, 0.6) is 11.5 Å². The first kappa shape index (κ1) is 20.9. The predicted molar refractivity (Wildman–Crippen MR) is 111 cm³/mol. The van der Waals surface area contributed by atoms with Crippen molar-refractivity contribution in [3.8, 4) is 11.5 Å². The van der Waals surface area contributed by atoms with E-state index < -0.39 is 0 Å². The van der Waals surface area contributed by atoms with Gasteiger partial charge in [0.2, 0.25) is 0 Å². The average molecular weight is 400 g/mol. The van der Waals surface area contributed by atoms with Crippen LogP contribution in [0, 0.1) is 0 Å². The second kappa shape index (κ2) is 10.6. The number of hydrogen-bond acceptors (Lipinski definition) is 6. The lowest BCUT2D eigenvalue weighted by Gasteiger charge is -2.35. The first-order valence-corrected chi connectivity index (χ1v) is 9.78. The van der Waals surface area contributed by atoms with Gasteiger partial charge in [0.1, 0.15) is 0 Å².